The molecule has 26 heavy (non-hydrogen) atoms. The number of halogens is 1. The average Bonchev–Trinajstić information content (AvgIpc) is 2.56. The summed E-state index contributed by atoms with van der Waals surface area (Å²) in [7, 11) is -3.34. The van der Waals surface area contributed by atoms with Crippen molar-refractivity contribution in [2.24, 2.45) is 0 Å². The maximum Gasteiger partial charge on any atom is 0.253 e. The Morgan fingerprint density at radius 3 is 2.38 bits per heavy atom. The Balaban J connectivity index is 2.83. The molecule has 3 amide bonds. The molecule has 144 valence electrons. The van der Waals surface area contributed by atoms with Crippen LogP contribution in [0.3, 0.4) is 0 Å². The fourth-order valence-corrected chi connectivity index (χ4v) is 2.92. The fraction of sp³-hybridized carbons (Fsp3) is 0.438. The molecule has 0 aliphatic rings. The van der Waals surface area contributed by atoms with Crippen LogP contribution in [0.1, 0.15) is 23.7 Å². The Hall–Kier alpha value is -2.13. The number of likely N-dealkylation sites (N-methyl/N-ethyl adjacent to an activating group) is 1. The maximum absolute atomic E-state index is 12.3. The monoisotopic (exact) mass is 403 g/mol. The van der Waals surface area contributed by atoms with Crippen molar-refractivity contribution in [1.29, 1.82) is 0 Å². The Morgan fingerprint density at radius 2 is 1.81 bits per heavy atom. The summed E-state index contributed by atoms with van der Waals surface area (Å²) >= 11 is 5.96. The highest BCUT2D eigenvalue weighted by Crippen LogP contribution is 2.15. The van der Waals surface area contributed by atoms with Gasteiger partial charge in [-0.05, 0) is 25.5 Å². The second-order valence-corrected chi connectivity index (χ2v) is 8.26. The van der Waals surface area contributed by atoms with Gasteiger partial charge in [-0.25, -0.2) is 8.42 Å². The summed E-state index contributed by atoms with van der Waals surface area (Å²) in [5.41, 5.74) is 0.162. The van der Waals surface area contributed by atoms with Crippen LogP contribution in [0.4, 0.5) is 0 Å². The number of hydrogen-bond acceptors (Lipinski definition) is 5. The minimum absolute atomic E-state index is 0.129. The van der Waals surface area contributed by atoms with E-state index < -0.39 is 27.7 Å². The van der Waals surface area contributed by atoms with E-state index in [1.165, 1.54) is 12.1 Å². The summed E-state index contributed by atoms with van der Waals surface area (Å²) in [6.45, 7) is 1.87. The van der Waals surface area contributed by atoms with Crippen LogP contribution in [-0.4, -0.2) is 57.3 Å². The van der Waals surface area contributed by atoms with Crippen LogP contribution >= 0.6 is 11.6 Å². The van der Waals surface area contributed by atoms with E-state index >= 15 is 0 Å². The van der Waals surface area contributed by atoms with Crippen LogP contribution in [0, 0.1) is 0 Å². The van der Waals surface area contributed by atoms with Crippen molar-refractivity contribution in [2.45, 2.75) is 19.4 Å². The van der Waals surface area contributed by atoms with Crippen LogP contribution in [0.15, 0.2) is 24.3 Å². The van der Waals surface area contributed by atoms with Crippen molar-refractivity contribution in [3.63, 3.8) is 0 Å². The van der Waals surface area contributed by atoms with Crippen molar-refractivity contribution < 1.29 is 22.8 Å². The standard InChI is InChI=1S/C16H22ClN3O5S/c1-3-18-14(21)10-19-16(23)13(8-9-26(2,24)25)20-15(22)11-6-4-5-7-12(11)17/h4-7,13H,3,8-10H2,1-2H3,(H,18,21)(H,19,23)(H,20,22)/t13-/m1/s1. The highest BCUT2D eigenvalue weighted by Gasteiger charge is 2.24. The number of amides is 3. The lowest BCUT2D eigenvalue weighted by Crippen LogP contribution is -2.49. The molecule has 0 bridgehead atoms. The van der Waals surface area contributed by atoms with Gasteiger partial charge in [-0.1, -0.05) is 23.7 Å². The van der Waals surface area contributed by atoms with E-state index in [1.54, 1.807) is 19.1 Å². The van der Waals surface area contributed by atoms with Crippen molar-refractivity contribution in [2.75, 3.05) is 25.1 Å². The van der Waals surface area contributed by atoms with Gasteiger partial charge in [0.1, 0.15) is 15.9 Å². The zero-order valence-corrected chi connectivity index (χ0v) is 16.1. The van der Waals surface area contributed by atoms with Crippen LogP contribution < -0.4 is 16.0 Å². The van der Waals surface area contributed by atoms with E-state index in [2.05, 4.69) is 16.0 Å². The zero-order chi connectivity index (χ0) is 19.7. The molecule has 0 radical (unpaired) electrons. The number of rotatable bonds is 9. The molecule has 0 fully saturated rings. The van der Waals surface area contributed by atoms with Gasteiger partial charge in [0, 0.05) is 12.8 Å². The Morgan fingerprint density at radius 1 is 1.15 bits per heavy atom. The smallest absolute Gasteiger partial charge is 0.253 e. The van der Waals surface area contributed by atoms with Crippen LogP contribution in [0.25, 0.3) is 0 Å². The minimum Gasteiger partial charge on any atom is -0.355 e. The van der Waals surface area contributed by atoms with Crippen molar-refractivity contribution >= 4 is 39.2 Å². The molecule has 0 aliphatic carbocycles. The molecule has 0 saturated carbocycles. The Kier molecular flexibility index (Phi) is 8.53. The van der Waals surface area contributed by atoms with Gasteiger partial charge in [0.25, 0.3) is 5.91 Å². The highest BCUT2D eigenvalue weighted by atomic mass is 35.5. The molecule has 0 saturated heterocycles. The van der Waals surface area contributed by atoms with Gasteiger partial charge in [-0.3, -0.25) is 14.4 Å². The molecular formula is C16H22ClN3O5S. The first-order valence-electron chi connectivity index (χ1n) is 7.91. The summed E-state index contributed by atoms with van der Waals surface area (Å²) in [5.74, 6) is -1.95. The van der Waals surface area contributed by atoms with E-state index in [1.807, 2.05) is 0 Å². The van der Waals surface area contributed by atoms with Gasteiger partial charge in [-0.2, -0.15) is 0 Å². The molecule has 0 aliphatic heterocycles. The van der Waals surface area contributed by atoms with Crippen LogP contribution in [0.2, 0.25) is 5.02 Å². The first-order chi connectivity index (χ1) is 12.1. The van der Waals surface area contributed by atoms with Gasteiger partial charge in [0.2, 0.25) is 11.8 Å². The third kappa shape index (κ3) is 7.83. The quantitative estimate of drug-likeness (QED) is 0.541. The molecule has 10 heteroatoms. The second kappa shape index (κ2) is 10.1. The lowest BCUT2D eigenvalue weighted by Gasteiger charge is -2.18. The minimum atomic E-state index is -3.34. The number of nitrogens with one attached hydrogen (secondary N) is 3. The third-order valence-corrected chi connectivity index (χ3v) is 4.62. The number of carbonyl (C=O) groups excluding carboxylic acids is 3. The van der Waals surface area contributed by atoms with E-state index in [4.69, 9.17) is 11.6 Å². The maximum atomic E-state index is 12.3. The molecule has 1 aromatic rings. The summed E-state index contributed by atoms with van der Waals surface area (Å²) < 4.78 is 22.8. The molecule has 0 heterocycles. The number of benzene rings is 1. The highest BCUT2D eigenvalue weighted by molar-refractivity contribution is 7.90. The van der Waals surface area contributed by atoms with E-state index in [9.17, 15) is 22.8 Å². The largest absolute Gasteiger partial charge is 0.355 e. The first kappa shape index (κ1) is 21.9. The molecule has 0 aromatic heterocycles. The summed E-state index contributed by atoms with van der Waals surface area (Å²) in [5, 5.41) is 7.57. The third-order valence-electron chi connectivity index (χ3n) is 3.31. The molecule has 0 unspecified atom stereocenters. The zero-order valence-electron chi connectivity index (χ0n) is 14.5. The molecule has 3 N–H and O–H groups in total. The van der Waals surface area contributed by atoms with Crippen LogP contribution in [0.5, 0.6) is 0 Å². The lowest BCUT2D eigenvalue weighted by molar-refractivity contribution is -0.127. The predicted octanol–water partition coefficient (Wildman–Crippen LogP) is 0.125. The van der Waals surface area contributed by atoms with E-state index in [0.717, 1.165) is 6.26 Å². The average molecular weight is 404 g/mol. The molecule has 1 atom stereocenters. The Labute approximate surface area is 157 Å². The topological polar surface area (TPSA) is 121 Å². The second-order valence-electron chi connectivity index (χ2n) is 5.60. The molecule has 0 spiro atoms. The first-order valence-corrected chi connectivity index (χ1v) is 10.4. The Bertz CT molecular complexity index is 767. The van der Waals surface area contributed by atoms with Gasteiger partial charge >= 0.3 is 0 Å². The molecule has 8 nitrogen and oxygen atoms in total. The van der Waals surface area contributed by atoms with Crippen molar-refractivity contribution in [3.05, 3.63) is 34.9 Å². The molecule has 1 aromatic carbocycles. The van der Waals surface area contributed by atoms with Gasteiger partial charge in [0.15, 0.2) is 0 Å². The van der Waals surface area contributed by atoms with E-state index in [0.29, 0.717) is 6.54 Å². The fourth-order valence-electron chi connectivity index (χ4n) is 2.03. The number of carbonyl (C=O) groups is 3. The summed E-state index contributed by atoms with van der Waals surface area (Å²) in [4.78, 5) is 36.1. The summed E-state index contributed by atoms with van der Waals surface area (Å²) in [6.07, 6.45) is 0.906. The normalized spacial score (nSPS) is 12.1. The molecular weight excluding hydrogens is 382 g/mol. The van der Waals surface area contributed by atoms with Crippen molar-refractivity contribution in [3.8, 4) is 0 Å². The number of sulfone groups is 1. The predicted molar refractivity (Wildman–Crippen MR) is 98.7 cm³/mol. The van der Waals surface area contributed by atoms with Gasteiger partial charge in [-0.15, -0.1) is 0 Å². The van der Waals surface area contributed by atoms with Gasteiger partial charge < -0.3 is 16.0 Å². The molecule has 1 rings (SSSR count). The SMILES string of the molecule is CCNC(=O)CNC(=O)[C@@H](CCS(C)(=O)=O)NC(=O)c1ccccc1Cl. The van der Waals surface area contributed by atoms with Crippen molar-refractivity contribution in [1.82, 2.24) is 16.0 Å². The van der Waals surface area contributed by atoms with Crippen LogP contribution in [-0.2, 0) is 19.4 Å². The summed E-state index contributed by atoms with van der Waals surface area (Å²) in [6, 6.07) is 5.15. The van der Waals surface area contributed by atoms with Gasteiger partial charge in [0.05, 0.1) is 22.9 Å². The number of hydrogen-bond donors (Lipinski definition) is 3. The lowest BCUT2D eigenvalue weighted by atomic mass is 10.1. The van der Waals surface area contributed by atoms with E-state index in [-0.39, 0.29) is 35.2 Å².